The number of hydrogen-bond donors (Lipinski definition) is 0. The van der Waals surface area contributed by atoms with E-state index in [-0.39, 0.29) is 70.8 Å². The van der Waals surface area contributed by atoms with Crippen LogP contribution >= 0.6 is 0 Å². The van der Waals surface area contributed by atoms with E-state index in [0.29, 0.717) is 0 Å². The Bertz CT molecular complexity index is 8.00. The van der Waals surface area contributed by atoms with Crippen LogP contribution in [0.3, 0.4) is 0 Å². The predicted octanol–water partition coefficient (Wildman–Crippen LogP) is -0.767. The van der Waals surface area contributed by atoms with E-state index >= 15 is 0 Å². The average Bonchev–Trinajstić information content (AvgIpc) is 0. The molecule has 0 fully saturated rings. The van der Waals surface area contributed by atoms with Crippen LogP contribution in [0.25, 0.3) is 0 Å². The molecule has 6 radical (unpaired) electrons. The summed E-state index contributed by atoms with van der Waals surface area (Å²) < 4.78 is 0. The molecular weight excluding hydrogens is 191 g/mol. The van der Waals surface area contributed by atoms with Crippen molar-refractivity contribution in [3.05, 3.63) is 0 Å². The summed E-state index contributed by atoms with van der Waals surface area (Å²) >= 11 is 0. The van der Waals surface area contributed by atoms with Crippen molar-refractivity contribution in [2.24, 2.45) is 0 Å². The van der Waals surface area contributed by atoms with Crippen LogP contribution in [0.4, 0.5) is 0 Å². The minimum atomic E-state index is 0. The van der Waals surface area contributed by atoms with Gasteiger partial charge in [-0.25, -0.2) is 0 Å². The predicted molar refractivity (Wildman–Crippen MR) is 11.5 cm³/mol. The van der Waals surface area contributed by atoms with Gasteiger partial charge in [-0.15, -0.1) is 0 Å². The maximum atomic E-state index is 0. The van der Waals surface area contributed by atoms with E-state index in [0.717, 1.165) is 0 Å². The summed E-state index contributed by atoms with van der Waals surface area (Å²) in [4.78, 5) is 0. The van der Waals surface area contributed by atoms with Crippen LogP contribution < -0.4 is 0 Å². The molecule has 0 nitrogen and oxygen atoms in total. The fourth-order valence-electron chi connectivity index (χ4n) is 0. The van der Waals surface area contributed by atoms with Gasteiger partial charge in [0.25, 0.3) is 0 Å². The van der Waals surface area contributed by atoms with Crippen molar-refractivity contribution in [1.82, 2.24) is 0 Å². The molecule has 0 atom stereocenters. The van der Waals surface area contributed by atoms with Crippen LogP contribution in [0.5, 0.6) is 0 Å². The fraction of sp³-hybridized carbons (Fsp3) is 0. The molecule has 4 heteroatoms. The van der Waals surface area contributed by atoms with Gasteiger partial charge in [0.15, 0.2) is 0 Å². The first-order valence-corrected chi connectivity index (χ1v) is 0. The molecule has 4 heavy (non-hydrogen) atoms. The third kappa shape index (κ3) is 8.93. The molecule has 0 amide bonds. The smallest absolute Gasteiger partial charge is 0 e. The molecule has 0 saturated carbocycles. The summed E-state index contributed by atoms with van der Waals surface area (Å²) in [6, 6.07) is 0. The third-order valence-corrected chi connectivity index (χ3v) is 0. The van der Waals surface area contributed by atoms with E-state index in [1.54, 1.807) is 0 Å². The summed E-state index contributed by atoms with van der Waals surface area (Å²) in [5.41, 5.74) is 0. The largest absolute Gasteiger partial charge is 0 e. The van der Waals surface area contributed by atoms with Crippen LogP contribution in [-0.2, 0) is 43.3 Å². The second kappa shape index (κ2) is 19.4. The monoisotopic (exact) mass is 189 g/mol. The molecule has 0 aromatic heterocycles. The zero-order valence-electron chi connectivity index (χ0n) is 2.09. The van der Waals surface area contributed by atoms with Gasteiger partial charge in [0.05, 0.1) is 0 Å². The molecule has 0 saturated heterocycles. The van der Waals surface area contributed by atoms with Crippen LogP contribution in [0.1, 0.15) is 0 Å². The Balaban J connectivity index is 0. The molecule has 0 rings (SSSR count). The Kier molecular flexibility index (Phi) is 174. The Morgan fingerprint density at radius 3 is 1.00 bits per heavy atom. The zero-order chi connectivity index (χ0) is 0. The van der Waals surface area contributed by atoms with Gasteiger partial charge in [0, 0.05) is 70.8 Å². The SMILES string of the molecule is [Al].[Be].[Cu].[Zr]. The number of hydrogen-bond acceptors (Lipinski definition) is 0. The molecule has 0 aliphatic carbocycles. The van der Waals surface area contributed by atoms with E-state index in [1.807, 2.05) is 0 Å². The summed E-state index contributed by atoms with van der Waals surface area (Å²) in [5, 5.41) is 0. The molecule has 20 valence electrons. The molecule has 0 N–H and O–H groups in total. The van der Waals surface area contributed by atoms with E-state index in [2.05, 4.69) is 0 Å². The molecule has 0 aliphatic heterocycles. The molecule has 0 aromatic carbocycles. The molecular formula is AlBeCuZr. The summed E-state index contributed by atoms with van der Waals surface area (Å²) in [6.45, 7) is 0. The van der Waals surface area contributed by atoms with Crippen molar-refractivity contribution in [3.63, 3.8) is 0 Å². The van der Waals surface area contributed by atoms with Gasteiger partial charge >= 0.3 is 0 Å². The van der Waals surface area contributed by atoms with E-state index in [1.165, 1.54) is 0 Å². The second-order valence-corrected chi connectivity index (χ2v) is 0. The molecule has 0 bridgehead atoms. The standard InChI is InChI=1S/Al.Be.Cu.Zr. The van der Waals surface area contributed by atoms with Gasteiger partial charge in [0.1, 0.15) is 0 Å². The van der Waals surface area contributed by atoms with Crippen LogP contribution in [0.15, 0.2) is 0 Å². The Morgan fingerprint density at radius 1 is 1.00 bits per heavy atom. The summed E-state index contributed by atoms with van der Waals surface area (Å²) in [6.07, 6.45) is 0. The maximum absolute atomic E-state index is 0. The van der Waals surface area contributed by atoms with Gasteiger partial charge in [-0.05, 0) is 0 Å². The minimum Gasteiger partial charge on any atom is 0 e. The van der Waals surface area contributed by atoms with Gasteiger partial charge in [-0.1, -0.05) is 0 Å². The number of rotatable bonds is 0. The van der Waals surface area contributed by atoms with Crippen molar-refractivity contribution in [3.8, 4) is 0 Å². The van der Waals surface area contributed by atoms with E-state index in [4.69, 9.17) is 0 Å². The van der Waals surface area contributed by atoms with E-state index in [9.17, 15) is 0 Å². The summed E-state index contributed by atoms with van der Waals surface area (Å²) in [5.74, 6) is 0. The normalized spacial score (nSPS) is 0. The Hall–Kier alpha value is 2.10. The quantitative estimate of drug-likeness (QED) is 0.441. The Morgan fingerprint density at radius 2 is 1.00 bits per heavy atom. The van der Waals surface area contributed by atoms with Crippen LogP contribution in [-0.4, -0.2) is 27.5 Å². The first-order chi connectivity index (χ1) is 0. The first kappa shape index (κ1) is 35.9. The van der Waals surface area contributed by atoms with Crippen LogP contribution in [0, 0.1) is 0 Å². The minimum absolute atomic E-state index is 0. The Labute approximate surface area is 70.1 Å². The van der Waals surface area contributed by atoms with Crippen molar-refractivity contribution in [2.45, 2.75) is 0 Å². The zero-order valence-corrected chi connectivity index (χ0v) is 6.64. The first-order valence-electron chi connectivity index (χ1n) is 0. The molecule has 0 aliphatic rings. The van der Waals surface area contributed by atoms with Crippen molar-refractivity contribution in [2.75, 3.05) is 0 Å². The maximum Gasteiger partial charge on any atom is 0 e. The van der Waals surface area contributed by atoms with E-state index < -0.39 is 0 Å². The second-order valence-electron chi connectivity index (χ2n) is 0. The van der Waals surface area contributed by atoms with Crippen molar-refractivity contribution >= 4 is 27.5 Å². The van der Waals surface area contributed by atoms with Gasteiger partial charge in [0.2, 0.25) is 0 Å². The topological polar surface area (TPSA) is 0 Å². The van der Waals surface area contributed by atoms with Crippen LogP contribution in [0.2, 0.25) is 0 Å². The van der Waals surface area contributed by atoms with Gasteiger partial charge in [-0.2, -0.15) is 0 Å². The molecule has 0 unspecified atom stereocenters. The molecule has 0 spiro atoms. The van der Waals surface area contributed by atoms with Gasteiger partial charge < -0.3 is 0 Å². The molecule has 0 heterocycles. The fourth-order valence-corrected chi connectivity index (χ4v) is 0. The van der Waals surface area contributed by atoms with Crippen molar-refractivity contribution in [1.29, 1.82) is 0 Å². The third-order valence-electron chi connectivity index (χ3n) is 0. The average molecular weight is 191 g/mol. The summed E-state index contributed by atoms with van der Waals surface area (Å²) in [7, 11) is 0. The van der Waals surface area contributed by atoms with Crippen molar-refractivity contribution < 1.29 is 43.3 Å². The molecule has 0 aromatic rings. The van der Waals surface area contributed by atoms with Gasteiger partial charge in [-0.3, -0.25) is 0 Å².